The Morgan fingerprint density at radius 3 is 2.73 bits per heavy atom. The Balaban J connectivity index is 1.95. The number of aliphatic hydroxyl groups is 1. The Bertz CT molecular complexity index is 321. The molecule has 0 saturated heterocycles. The van der Waals surface area contributed by atoms with Crippen LogP contribution in [0.4, 0.5) is 11.4 Å². The van der Waals surface area contributed by atoms with Gasteiger partial charge in [-0.15, -0.1) is 0 Å². The van der Waals surface area contributed by atoms with Gasteiger partial charge < -0.3 is 16.2 Å². The van der Waals surface area contributed by atoms with Crippen molar-refractivity contribution >= 4 is 11.4 Å². The standard InChI is InChI=1S/C11H17N3O/c12-10-7-13-6-5-11(10)14-8-1-3-9(15)4-2-8/h5-9,15H,1-4,12H2,(H,13,14). The molecule has 0 atom stereocenters. The summed E-state index contributed by atoms with van der Waals surface area (Å²) in [5, 5.41) is 12.8. The molecular weight excluding hydrogens is 190 g/mol. The van der Waals surface area contributed by atoms with Crippen molar-refractivity contribution in [3.05, 3.63) is 18.5 Å². The summed E-state index contributed by atoms with van der Waals surface area (Å²) >= 11 is 0. The van der Waals surface area contributed by atoms with Gasteiger partial charge in [-0.05, 0) is 31.7 Å². The van der Waals surface area contributed by atoms with Crippen molar-refractivity contribution < 1.29 is 5.11 Å². The number of pyridine rings is 1. The monoisotopic (exact) mass is 207 g/mol. The average molecular weight is 207 g/mol. The number of nitrogen functional groups attached to an aromatic ring is 1. The zero-order chi connectivity index (χ0) is 10.7. The molecule has 2 rings (SSSR count). The van der Waals surface area contributed by atoms with E-state index in [4.69, 9.17) is 5.73 Å². The van der Waals surface area contributed by atoms with Crippen molar-refractivity contribution in [2.24, 2.45) is 0 Å². The van der Waals surface area contributed by atoms with Crippen molar-refractivity contribution in [3.8, 4) is 0 Å². The summed E-state index contributed by atoms with van der Waals surface area (Å²) in [4.78, 5) is 3.95. The van der Waals surface area contributed by atoms with Crippen LogP contribution >= 0.6 is 0 Å². The molecular formula is C11H17N3O. The molecule has 0 spiro atoms. The molecule has 1 saturated carbocycles. The summed E-state index contributed by atoms with van der Waals surface area (Å²) in [7, 11) is 0. The van der Waals surface area contributed by atoms with E-state index in [1.165, 1.54) is 0 Å². The fraction of sp³-hybridized carbons (Fsp3) is 0.545. The van der Waals surface area contributed by atoms with Crippen LogP contribution in [0.2, 0.25) is 0 Å². The largest absolute Gasteiger partial charge is 0.396 e. The number of anilines is 2. The normalized spacial score (nSPS) is 26.2. The number of nitrogens with one attached hydrogen (secondary N) is 1. The first-order valence-corrected chi connectivity index (χ1v) is 5.40. The minimum Gasteiger partial charge on any atom is -0.396 e. The van der Waals surface area contributed by atoms with Gasteiger partial charge in [0.05, 0.1) is 23.7 Å². The fourth-order valence-corrected chi connectivity index (χ4v) is 1.98. The SMILES string of the molecule is Nc1cnccc1NC1CCC(O)CC1. The third-order valence-corrected chi connectivity index (χ3v) is 2.91. The van der Waals surface area contributed by atoms with E-state index >= 15 is 0 Å². The van der Waals surface area contributed by atoms with E-state index in [1.807, 2.05) is 6.07 Å². The summed E-state index contributed by atoms with van der Waals surface area (Å²) < 4.78 is 0. The predicted molar refractivity (Wildman–Crippen MR) is 60.5 cm³/mol. The Kier molecular flexibility index (Phi) is 3.06. The Morgan fingerprint density at radius 1 is 1.33 bits per heavy atom. The zero-order valence-corrected chi connectivity index (χ0v) is 8.69. The van der Waals surface area contributed by atoms with Gasteiger partial charge in [-0.3, -0.25) is 4.98 Å². The Hall–Kier alpha value is -1.29. The molecule has 1 aliphatic rings. The maximum atomic E-state index is 9.39. The van der Waals surface area contributed by atoms with Gasteiger partial charge in [-0.25, -0.2) is 0 Å². The molecule has 4 N–H and O–H groups in total. The van der Waals surface area contributed by atoms with Crippen molar-refractivity contribution in [1.82, 2.24) is 4.98 Å². The minimum absolute atomic E-state index is 0.113. The lowest BCUT2D eigenvalue weighted by atomic mass is 9.93. The second-order valence-electron chi connectivity index (χ2n) is 4.11. The molecule has 1 heterocycles. The van der Waals surface area contributed by atoms with Crippen LogP contribution in [0.3, 0.4) is 0 Å². The molecule has 82 valence electrons. The van der Waals surface area contributed by atoms with Crippen molar-refractivity contribution in [1.29, 1.82) is 0 Å². The molecule has 0 aromatic carbocycles. The van der Waals surface area contributed by atoms with E-state index in [0.717, 1.165) is 31.4 Å². The number of rotatable bonds is 2. The van der Waals surface area contributed by atoms with Crippen molar-refractivity contribution in [2.75, 3.05) is 11.1 Å². The molecule has 0 amide bonds. The first-order chi connectivity index (χ1) is 7.25. The van der Waals surface area contributed by atoms with E-state index in [9.17, 15) is 5.11 Å². The third kappa shape index (κ3) is 2.59. The number of hydrogen-bond acceptors (Lipinski definition) is 4. The van der Waals surface area contributed by atoms with Crippen molar-refractivity contribution in [2.45, 2.75) is 37.8 Å². The lowest BCUT2D eigenvalue weighted by Gasteiger charge is -2.27. The van der Waals surface area contributed by atoms with Crippen LogP contribution < -0.4 is 11.1 Å². The van der Waals surface area contributed by atoms with Gasteiger partial charge in [-0.2, -0.15) is 0 Å². The highest BCUT2D eigenvalue weighted by molar-refractivity contribution is 5.64. The quantitative estimate of drug-likeness (QED) is 0.685. The number of nitrogens with two attached hydrogens (primary N) is 1. The number of aromatic nitrogens is 1. The molecule has 1 aromatic rings. The van der Waals surface area contributed by atoms with E-state index in [-0.39, 0.29) is 6.10 Å². The molecule has 1 fully saturated rings. The summed E-state index contributed by atoms with van der Waals surface area (Å²) in [6.07, 6.45) is 7.03. The van der Waals surface area contributed by atoms with Gasteiger partial charge in [0.15, 0.2) is 0 Å². The zero-order valence-electron chi connectivity index (χ0n) is 8.69. The second kappa shape index (κ2) is 4.49. The van der Waals surface area contributed by atoms with Gasteiger partial charge in [0.25, 0.3) is 0 Å². The van der Waals surface area contributed by atoms with Crippen LogP contribution in [0.5, 0.6) is 0 Å². The maximum absolute atomic E-state index is 9.39. The molecule has 4 nitrogen and oxygen atoms in total. The van der Waals surface area contributed by atoms with Crippen LogP contribution in [0, 0.1) is 0 Å². The summed E-state index contributed by atoms with van der Waals surface area (Å²) in [5.41, 5.74) is 7.42. The molecule has 4 heteroatoms. The van der Waals surface area contributed by atoms with Crippen molar-refractivity contribution in [3.63, 3.8) is 0 Å². The minimum atomic E-state index is -0.113. The summed E-state index contributed by atoms with van der Waals surface area (Å²) in [6, 6.07) is 2.32. The van der Waals surface area contributed by atoms with E-state index in [0.29, 0.717) is 11.7 Å². The summed E-state index contributed by atoms with van der Waals surface area (Å²) in [5.74, 6) is 0. The van der Waals surface area contributed by atoms with Gasteiger partial charge in [0.2, 0.25) is 0 Å². The van der Waals surface area contributed by atoms with Crippen LogP contribution in [0.15, 0.2) is 18.5 Å². The van der Waals surface area contributed by atoms with Gasteiger partial charge >= 0.3 is 0 Å². The van der Waals surface area contributed by atoms with Gasteiger partial charge in [0, 0.05) is 12.2 Å². The molecule has 1 aromatic heterocycles. The van der Waals surface area contributed by atoms with E-state index in [2.05, 4.69) is 10.3 Å². The van der Waals surface area contributed by atoms with Crippen LogP contribution in [0.25, 0.3) is 0 Å². The van der Waals surface area contributed by atoms with E-state index in [1.54, 1.807) is 12.4 Å². The second-order valence-corrected chi connectivity index (χ2v) is 4.11. The van der Waals surface area contributed by atoms with E-state index < -0.39 is 0 Å². The van der Waals surface area contributed by atoms with Gasteiger partial charge in [-0.1, -0.05) is 0 Å². The highest BCUT2D eigenvalue weighted by Gasteiger charge is 2.19. The lowest BCUT2D eigenvalue weighted by molar-refractivity contribution is 0.126. The first-order valence-electron chi connectivity index (χ1n) is 5.40. The molecule has 15 heavy (non-hydrogen) atoms. The predicted octanol–water partition coefficient (Wildman–Crippen LogP) is 1.38. The fourth-order valence-electron chi connectivity index (χ4n) is 1.98. The summed E-state index contributed by atoms with van der Waals surface area (Å²) in [6.45, 7) is 0. The molecule has 1 aliphatic carbocycles. The smallest absolute Gasteiger partial charge is 0.0736 e. The molecule has 0 radical (unpaired) electrons. The highest BCUT2D eigenvalue weighted by Crippen LogP contribution is 2.24. The molecule has 0 aliphatic heterocycles. The first kappa shape index (κ1) is 10.2. The topological polar surface area (TPSA) is 71.2 Å². The van der Waals surface area contributed by atoms with Crippen LogP contribution in [-0.2, 0) is 0 Å². The maximum Gasteiger partial charge on any atom is 0.0736 e. The van der Waals surface area contributed by atoms with Crippen LogP contribution in [0.1, 0.15) is 25.7 Å². The number of hydrogen-bond donors (Lipinski definition) is 3. The van der Waals surface area contributed by atoms with Crippen LogP contribution in [-0.4, -0.2) is 22.2 Å². The third-order valence-electron chi connectivity index (χ3n) is 2.91. The highest BCUT2D eigenvalue weighted by atomic mass is 16.3. The number of aliphatic hydroxyl groups excluding tert-OH is 1. The molecule has 0 bridgehead atoms. The Labute approximate surface area is 89.5 Å². The molecule has 0 unspecified atom stereocenters. The lowest BCUT2D eigenvalue weighted by Crippen LogP contribution is -2.28. The average Bonchev–Trinajstić information content (AvgIpc) is 2.25. The van der Waals surface area contributed by atoms with Gasteiger partial charge in [0.1, 0.15) is 0 Å². The number of nitrogens with zero attached hydrogens (tertiary/aromatic N) is 1. The Morgan fingerprint density at radius 2 is 2.07 bits per heavy atom.